The van der Waals surface area contributed by atoms with Gasteiger partial charge < -0.3 is 5.32 Å². The molecule has 0 bridgehead atoms. The second-order valence-corrected chi connectivity index (χ2v) is 10.4. The first-order valence-corrected chi connectivity index (χ1v) is 10.6. The first kappa shape index (κ1) is 17.3. The zero-order chi connectivity index (χ0) is 15.7. The second-order valence-electron chi connectivity index (χ2n) is 8.03. The Morgan fingerprint density at radius 2 is 1.81 bits per heavy atom. The maximum Gasteiger partial charge on any atom is 0.150 e. The largest absolute Gasteiger partial charge is 0.316 e. The SMILES string of the molecule is CNC(C1CCCC(S(C)(=O)=O)C1)C1CCCCC1(C)C. The Morgan fingerprint density at radius 1 is 1.10 bits per heavy atom. The summed E-state index contributed by atoms with van der Waals surface area (Å²) in [5.74, 6) is 1.20. The fourth-order valence-corrected chi connectivity index (χ4v) is 6.04. The van der Waals surface area contributed by atoms with E-state index in [1.807, 2.05) is 0 Å². The molecule has 2 saturated carbocycles. The molecular formula is C17H33NO2S. The van der Waals surface area contributed by atoms with Gasteiger partial charge in [0.1, 0.15) is 9.84 Å². The highest BCUT2D eigenvalue weighted by atomic mass is 32.2. The summed E-state index contributed by atoms with van der Waals surface area (Å²) in [5.41, 5.74) is 0.379. The molecule has 21 heavy (non-hydrogen) atoms. The third kappa shape index (κ3) is 4.01. The van der Waals surface area contributed by atoms with Crippen molar-refractivity contribution in [1.82, 2.24) is 5.32 Å². The van der Waals surface area contributed by atoms with Crippen LogP contribution in [0.4, 0.5) is 0 Å². The van der Waals surface area contributed by atoms with E-state index in [-0.39, 0.29) is 5.25 Å². The van der Waals surface area contributed by atoms with Gasteiger partial charge in [0.2, 0.25) is 0 Å². The fourth-order valence-electron chi connectivity index (χ4n) is 4.85. The predicted octanol–water partition coefficient (Wildman–Crippen LogP) is 3.39. The molecule has 0 radical (unpaired) electrons. The molecule has 124 valence electrons. The predicted molar refractivity (Wildman–Crippen MR) is 89.2 cm³/mol. The highest BCUT2D eigenvalue weighted by molar-refractivity contribution is 7.91. The quantitative estimate of drug-likeness (QED) is 0.865. The third-order valence-electron chi connectivity index (χ3n) is 6.14. The zero-order valence-electron chi connectivity index (χ0n) is 14.2. The molecule has 0 heterocycles. The van der Waals surface area contributed by atoms with E-state index in [0.717, 1.165) is 19.3 Å². The van der Waals surface area contributed by atoms with Crippen molar-refractivity contribution in [3.05, 3.63) is 0 Å². The summed E-state index contributed by atoms with van der Waals surface area (Å²) in [6.45, 7) is 4.80. The van der Waals surface area contributed by atoms with Gasteiger partial charge in [0.05, 0.1) is 5.25 Å². The lowest BCUT2D eigenvalue weighted by atomic mass is 9.62. The third-order valence-corrected chi connectivity index (χ3v) is 7.78. The van der Waals surface area contributed by atoms with Gasteiger partial charge in [-0.25, -0.2) is 8.42 Å². The van der Waals surface area contributed by atoms with Crippen molar-refractivity contribution in [1.29, 1.82) is 0 Å². The van der Waals surface area contributed by atoms with Crippen LogP contribution in [0.5, 0.6) is 0 Å². The van der Waals surface area contributed by atoms with Crippen molar-refractivity contribution in [2.24, 2.45) is 17.3 Å². The molecule has 0 aromatic carbocycles. The van der Waals surface area contributed by atoms with Gasteiger partial charge in [0.15, 0.2) is 0 Å². The van der Waals surface area contributed by atoms with Gasteiger partial charge in [0, 0.05) is 12.3 Å². The van der Waals surface area contributed by atoms with E-state index in [1.54, 1.807) is 0 Å². The van der Waals surface area contributed by atoms with Crippen LogP contribution in [0.2, 0.25) is 0 Å². The smallest absolute Gasteiger partial charge is 0.150 e. The molecule has 2 aliphatic rings. The van der Waals surface area contributed by atoms with Gasteiger partial charge in [-0.05, 0) is 56.4 Å². The van der Waals surface area contributed by atoms with Crippen LogP contribution in [0.25, 0.3) is 0 Å². The molecule has 4 unspecified atom stereocenters. The van der Waals surface area contributed by atoms with Crippen LogP contribution >= 0.6 is 0 Å². The molecule has 0 aliphatic heterocycles. The van der Waals surface area contributed by atoms with Gasteiger partial charge in [-0.2, -0.15) is 0 Å². The number of rotatable bonds is 4. The van der Waals surface area contributed by atoms with Gasteiger partial charge >= 0.3 is 0 Å². The Kier molecular flexibility index (Phi) is 5.40. The summed E-state index contributed by atoms with van der Waals surface area (Å²) in [6, 6.07) is 0.477. The summed E-state index contributed by atoms with van der Waals surface area (Å²) >= 11 is 0. The highest BCUT2D eigenvalue weighted by Crippen LogP contribution is 2.46. The van der Waals surface area contributed by atoms with E-state index in [2.05, 4.69) is 26.2 Å². The molecule has 0 aromatic rings. The minimum Gasteiger partial charge on any atom is -0.316 e. The lowest BCUT2D eigenvalue weighted by Gasteiger charge is -2.47. The number of sulfone groups is 1. The Labute approximate surface area is 131 Å². The Bertz CT molecular complexity index is 444. The normalized spacial score (nSPS) is 35.3. The topological polar surface area (TPSA) is 46.2 Å². The van der Waals surface area contributed by atoms with Crippen molar-refractivity contribution < 1.29 is 8.42 Å². The van der Waals surface area contributed by atoms with E-state index >= 15 is 0 Å². The molecule has 2 fully saturated rings. The first-order chi connectivity index (χ1) is 9.75. The fraction of sp³-hybridized carbons (Fsp3) is 1.00. The van der Waals surface area contributed by atoms with Crippen molar-refractivity contribution in [2.75, 3.05) is 13.3 Å². The van der Waals surface area contributed by atoms with Crippen LogP contribution in [-0.2, 0) is 9.84 Å². The molecule has 4 heteroatoms. The minimum atomic E-state index is -2.89. The minimum absolute atomic E-state index is 0.112. The van der Waals surface area contributed by atoms with Crippen molar-refractivity contribution in [3.63, 3.8) is 0 Å². The number of hydrogen-bond donors (Lipinski definition) is 1. The summed E-state index contributed by atoms with van der Waals surface area (Å²) in [7, 11) is -0.819. The molecule has 0 saturated heterocycles. The average Bonchev–Trinajstić information content (AvgIpc) is 2.41. The number of nitrogens with one attached hydrogen (secondary N) is 1. The second kappa shape index (κ2) is 6.57. The molecule has 2 aliphatic carbocycles. The van der Waals surface area contributed by atoms with E-state index in [1.165, 1.54) is 38.4 Å². The molecule has 3 nitrogen and oxygen atoms in total. The molecule has 1 N–H and O–H groups in total. The van der Waals surface area contributed by atoms with E-state index in [4.69, 9.17) is 0 Å². The first-order valence-electron chi connectivity index (χ1n) is 8.62. The van der Waals surface area contributed by atoms with Gasteiger partial charge in [-0.15, -0.1) is 0 Å². The Morgan fingerprint density at radius 3 is 2.38 bits per heavy atom. The van der Waals surface area contributed by atoms with Gasteiger partial charge in [-0.3, -0.25) is 0 Å². The van der Waals surface area contributed by atoms with Crippen LogP contribution < -0.4 is 5.32 Å². The Hall–Kier alpha value is -0.0900. The molecule has 4 atom stereocenters. The molecular weight excluding hydrogens is 282 g/mol. The van der Waals surface area contributed by atoms with Crippen LogP contribution in [0, 0.1) is 17.3 Å². The van der Waals surface area contributed by atoms with Crippen molar-refractivity contribution in [2.45, 2.75) is 76.5 Å². The average molecular weight is 316 g/mol. The zero-order valence-corrected chi connectivity index (χ0v) is 15.0. The van der Waals surface area contributed by atoms with Crippen molar-refractivity contribution >= 4 is 9.84 Å². The van der Waals surface area contributed by atoms with E-state index in [0.29, 0.717) is 23.3 Å². The van der Waals surface area contributed by atoms with Gasteiger partial charge in [0.25, 0.3) is 0 Å². The molecule has 0 aromatic heterocycles. The molecule has 0 spiro atoms. The standard InChI is InChI=1S/C17H33NO2S/c1-17(2)11-6-5-10-15(17)16(18-3)13-8-7-9-14(12-13)21(4,19)20/h13-16,18H,5-12H2,1-4H3. The summed E-state index contributed by atoms with van der Waals surface area (Å²) in [5, 5.41) is 3.46. The monoisotopic (exact) mass is 315 g/mol. The van der Waals surface area contributed by atoms with Crippen LogP contribution in [-0.4, -0.2) is 33.0 Å². The highest BCUT2D eigenvalue weighted by Gasteiger charge is 2.42. The Balaban J connectivity index is 2.13. The number of hydrogen-bond acceptors (Lipinski definition) is 3. The van der Waals surface area contributed by atoms with E-state index in [9.17, 15) is 8.42 Å². The maximum atomic E-state index is 11.9. The van der Waals surface area contributed by atoms with E-state index < -0.39 is 9.84 Å². The molecule has 2 rings (SSSR count). The molecule has 0 amide bonds. The van der Waals surface area contributed by atoms with Crippen molar-refractivity contribution in [3.8, 4) is 0 Å². The van der Waals surface area contributed by atoms with Gasteiger partial charge in [-0.1, -0.05) is 33.1 Å². The lowest BCUT2D eigenvalue weighted by molar-refractivity contribution is 0.0667. The van der Waals surface area contributed by atoms with Crippen LogP contribution in [0.3, 0.4) is 0 Å². The lowest BCUT2D eigenvalue weighted by Crippen LogP contribution is -2.49. The summed E-state index contributed by atoms with van der Waals surface area (Å²) < 4.78 is 23.9. The van der Waals surface area contributed by atoms with Crippen LogP contribution in [0.1, 0.15) is 65.2 Å². The summed E-state index contributed by atoms with van der Waals surface area (Å²) in [4.78, 5) is 0. The summed E-state index contributed by atoms with van der Waals surface area (Å²) in [6.07, 6.45) is 10.6. The maximum absolute atomic E-state index is 11.9. The van der Waals surface area contributed by atoms with Crippen LogP contribution in [0.15, 0.2) is 0 Å².